The van der Waals surface area contributed by atoms with Crippen molar-refractivity contribution < 1.29 is 108 Å². The van der Waals surface area contributed by atoms with E-state index in [0.717, 1.165) is 0 Å². The Morgan fingerprint density at radius 2 is 0.371 bits per heavy atom. The van der Waals surface area contributed by atoms with E-state index >= 15 is 0 Å². The molecule has 12 aliphatic rings. The standard InChI is InChI=1S/C61H129N4O24Si16/c1-49(2)31-91-66-90-67-92(32-50(3)4)70-93(69-91,33-51(5)6)73-96(36-54(11)12)74-94(71-91,34-52(7)8)85-104(68-90,86-95(72-92,75-96)35-53(9)10)47-64-29-27-62(45-64)44-63-28-30-65(46-63)48-105-87-101(41-59(21)22)79-98(38-56(15)16)76-97(37-55(13)14)77-99(81-101,39-57(17)18)83-103(89-105,43-61(25)26)84-100(78-97,40-58(19)20)82-102(80-98,88-105)42-60(23)24/h27-30,45-46,49-61H,31-44,47-48H2,1-26H3/q+2. The first-order chi connectivity index (χ1) is 48.7. The fraction of sp³-hybridized carbons (Fsp3) is 0.902. The lowest BCUT2D eigenvalue weighted by Gasteiger charge is -2.63. The van der Waals surface area contributed by atoms with E-state index in [4.69, 9.17) is 98.8 Å². The summed E-state index contributed by atoms with van der Waals surface area (Å²) in [5, 5.41) is 0. The largest absolute Gasteiger partial charge is 0.553 e. The molecule has 12 aliphatic heterocycles. The number of hydrogen-bond donors (Lipinski definition) is 0. The van der Waals surface area contributed by atoms with Crippen molar-refractivity contribution in [3.05, 3.63) is 37.4 Å². The third kappa shape index (κ3) is 19.5. The molecular formula is C61H129N4O24Si16+2. The molecule has 4 unspecified atom stereocenters. The third-order valence-corrected chi connectivity index (χ3v) is 95.0. The van der Waals surface area contributed by atoms with Gasteiger partial charge in [0.25, 0.3) is 0 Å². The molecule has 14 rings (SSSR count). The molecular weight excluding hydrogens is 1620 g/mol. The summed E-state index contributed by atoms with van der Waals surface area (Å²) in [4.78, 5) is 0. The highest BCUT2D eigenvalue weighted by Gasteiger charge is 2.86. The van der Waals surface area contributed by atoms with E-state index in [0.29, 0.717) is 85.2 Å². The second-order valence-corrected chi connectivity index (χ2v) is 83.6. The maximum atomic E-state index is 8.18. The monoisotopic (exact) mass is 1750 g/mol. The summed E-state index contributed by atoms with van der Waals surface area (Å²) in [6.45, 7) is 56.6. The maximum Gasteiger partial charge on any atom is 0.553 e. The molecule has 105 heavy (non-hydrogen) atoms. The van der Waals surface area contributed by atoms with Crippen LogP contribution in [0.4, 0.5) is 0 Å². The van der Waals surface area contributed by atoms with Crippen LogP contribution in [0.1, 0.15) is 180 Å². The van der Waals surface area contributed by atoms with E-state index < -0.39 is 142 Å². The SMILES string of the molecule is CC(C)C[Si]12O[Si]3O[Si]4(CC(C)C)O[Si](CC(C)C)(O1)O[Si]1(CC(C)C)O[Si](CC(C)C)(O2)O[Si](Cn2cc[n+](C[n+]5ccn(C[Si]67O[Si]8(CC(C)C)O[Si]9(CC(C)C)O[Si]%10(CC(C)C)O[Si](CC(C)C)(O8)O[Si](CC(C)C)(O[Si](CC(C)C)(O%10)O[Si](CC(C)C)(O9)O6)O7)c5)c2)(O3)O[Si](CC(C)C)(O4)O1. The molecule has 0 saturated carbocycles. The Hall–Kier alpha value is 0.930. The zero-order chi connectivity index (χ0) is 76.4. The average Bonchev–Trinajstić information content (AvgIpc) is 1.63. The first kappa shape index (κ1) is 85.3. The fourth-order valence-corrected chi connectivity index (χ4v) is 114. The Labute approximate surface area is 646 Å². The molecule has 44 heteroatoms. The van der Waals surface area contributed by atoms with Gasteiger partial charge in [-0.05, 0) is 76.9 Å². The second kappa shape index (κ2) is 31.1. The maximum absolute atomic E-state index is 8.18. The predicted molar refractivity (Wildman–Crippen MR) is 418 cm³/mol. The van der Waals surface area contributed by atoms with Crippen molar-refractivity contribution in [1.82, 2.24) is 9.13 Å². The molecule has 2 aromatic rings. The molecule has 0 amide bonds. The number of imidazole rings is 2. The third-order valence-electron chi connectivity index (χ3n) is 18.4. The molecule has 0 aliphatic carbocycles. The van der Waals surface area contributed by atoms with E-state index in [1.165, 1.54) is 0 Å². The normalized spacial score (nSPS) is 40.5. The summed E-state index contributed by atoms with van der Waals surface area (Å²) in [6, 6.07) is 5.29. The average molecular weight is 1750 g/mol. The minimum Gasteiger partial charge on any atom is -0.373 e. The number of rotatable bonds is 32. The summed E-state index contributed by atoms with van der Waals surface area (Å²) in [6.07, 6.45) is 12.4. The highest BCUT2D eigenvalue weighted by molar-refractivity contribution is 7.04. The van der Waals surface area contributed by atoms with Crippen LogP contribution in [-0.4, -0.2) is 151 Å². The van der Waals surface area contributed by atoms with E-state index in [1.54, 1.807) is 0 Å². The van der Waals surface area contributed by atoms with Crippen molar-refractivity contribution in [3.63, 3.8) is 0 Å². The molecule has 16 bridgehead atoms. The molecule has 28 nitrogen and oxygen atoms in total. The van der Waals surface area contributed by atoms with E-state index in [2.05, 4.69) is 205 Å². The van der Waals surface area contributed by atoms with Crippen molar-refractivity contribution in [3.8, 4) is 0 Å². The first-order valence-corrected chi connectivity index (χ1v) is 69.6. The van der Waals surface area contributed by atoms with Crippen molar-refractivity contribution in [2.24, 2.45) is 76.9 Å². The van der Waals surface area contributed by atoms with Gasteiger partial charge in [-0.2, -0.15) is 9.13 Å². The van der Waals surface area contributed by atoms with Crippen LogP contribution in [0, 0.1) is 76.9 Å². The van der Waals surface area contributed by atoms with Crippen molar-refractivity contribution in [2.75, 3.05) is 0 Å². The Morgan fingerprint density at radius 3 is 0.571 bits per heavy atom. The summed E-state index contributed by atoms with van der Waals surface area (Å²) >= 11 is 0. The molecule has 14 heterocycles. The second-order valence-electron chi connectivity index (χ2n) is 37.1. The van der Waals surface area contributed by atoms with Crippen LogP contribution in [0.5, 0.6) is 0 Å². The summed E-state index contributed by atoms with van der Waals surface area (Å²) in [5.41, 5.74) is 0. The molecule has 12 fully saturated rings. The van der Waals surface area contributed by atoms with Crippen LogP contribution in [-0.2, 0) is 118 Å². The number of aromatic nitrogens is 4. The molecule has 0 spiro atoms. The zero-order valence-corrected chi connectivity index (χ0v) is 83.9. The van der Waals surface area contributed by atoms with E-state index in [1.807, 2.05) is 31.1 Å². The van der Waals surface area contributed by atoms with Gasteiger partial charge in [-0.3, -0.25) is 0 Å². The minimum absolute atomic E-state index is 0.00749. The highest BCUT2D eigenvalue weighted by atomic mass is 28.6. The lowest BCUT2D eigenvalue weighted by Crippen LogP contribution is -2.89. The van der Waals surface area contributed by atoms with Crippen molar-refractivity contribution in [1.29, 1.82) is 0 Å². The van der Waals surface area contributed by atoms with Gasteiger partial charge in [0.15, 0.2) is 12.3 Å². The van der Waals surface area contributed by atoms with Crippen LogP contribution in [0.3, 0.4) is 0 Å². The zero-order valence-electron chi connectivity index (χ0n) is 67.9. The van der Waals surface area contributed by atoms with Crippen molar-refractivity contribution >= 4 is 142 Å². The van der Waals surface area contributed by atoms with Gasteiger partial charge in [-0.25, -0.2) is 9.13 Å². The molecule has 0 N–H and O–H groups in total. The summed E-state index contributed by atoms with van der Waals surface area (Å²) in [7, 11) is -65.1. The van der Waals surface area contributed by atoms with Crippen LogP contribution in [0.2, 0.25) is 78.6 Å². The Balaban J connectivity index is 0.958. The predicted octanol–water partition coefficient (Wildman–Crippen LogP) is 12.6. The van der Waals surface area contributed by atoms with Gasteiger partial charge in [0.05, 0.1) is 0 Å². The van der Waals surface area contributed by atoms with Crippen molar-refractivity contribution in [2.45, 2.75) is 278 Å². The molecule has 2 aromatic heterocycles. The van der Waals surface area contributed by atoms with Gasteiger partial charge in [0.1, 0.15) is 24.8 Å². The van der Waals surface area contributed by atoms with Crippen LogP contribution >= 0.6 is 0 Å². The number of nitrogens with zero attached hydrogens (tertiary/aromatic N) is 4. The smallest absolute Gasteiger partial charge is 0.373 e. The topological polar surface area (TPSA) is 239 Å². The highest BCUT2D eigenvalue weighted by Crippen LogP contribution is 2.58. The Kier molecular flexibility index (Phi) is 25.3. The van der Waals surface area contributed by atoms with Crippen LogP contribution < -0.4 is 9.13 Å². The molecule has 0 aromatic carbocycles. The number of hydrogen-bond acceptors (Lipinski definition) is 24. The summed E-state index contributed by atoms with van der Waals surface area (Å²) in [5.74, 6) is 0.469. The van der Waals surface area contributed by atoms with Gasteiger partial charge in [0, 0.05) is 78.6 Å². The van der Waals surface area contributed by atoms with Crippen LogP contribution in [0.15, 0.2) is 37.4 Å². The minimum atomic E-state index is -4.42. The van der Waals surface area contributed by atoms with Gasteiger partial charge < -0.3 is 98.8 Å². The van der Waals surface area contributed by atoms with Gasteiger partial charge in [-0.1, -0.05) is 180 Å². The van der Waals surface area contributed by atoms with Gasteiger partial charge >= 0.3 is 142 Å². The lowest BCUT2D eigenvalue weighted by molar-refractivity contribution is -0.912. The lowest BCUT2D eigenvalue weighted by atomic mass is 10.3. The molecule has 12 saturated heterocycles. The van der Waals surface area contributed by atoms with E-state index in [9.17, 15) is 0 Å². The fourth-order valence-electron chi connectivity index (χ4n) is 16.5. The first-order valence-electron chi connectivity index (χ1n) is 39.4. The van der Waals surface area contributed by atoms with Gasteiger partial charge in [-0.15, -0.1) is 0 Å². The quantitative estimate of drug-likeness (QED) is 0.0488. The van der Waals surface area contributed by atoms with Crippen LogP contribution in [0.25, 0.3) is 0 Å². The molecule has 599 valence electrons. The van der Waals surface area contributed by atoms with Gasteiger partial charge in [0.2, 0.25) is 19.3 Å². The Morgan fingerprint density at radius 1 is 0.219 bits per heavy atom. The molecule has 4 atom stereocenters. The molecule has 1 radical (unpaired) electrons. The summed E-state index contributed by atoms with van der Waals surface area (Å²) < 4.78 is 199. The van der Waals surface area contributed by atoms with E-state index in [-0.39, 0.29) is 89.3 Å². The Bertz CT molecular complexity index is 3120.